The smallest absolute Gasteiger partial charge is 0.282 e. The minimum atomic E-state index is -5.13. The Bertz CT molecular complexity index is 491. The number of rotatable bonds is 7. The third-order valence-electron chi connectivity index (χ3n) is 2.95. The number of hydrogen-bond donors (Lipinski definition) is 0. The van der Waals surface area contributed by atoms with Crippen molar-refractivity contribution in [1.29, 1.82) is 0 Å². The minimum Gasteiger partial charge on any atom is -0.282 e. The number of alkyl halides is 6. The second-order valence-electron chi connectivity index (χ2n) is 4.62. The van der Waals surface area contributed by atoms with Gasteiger partial charge in [-0.05, 0) is 13.3 Å². The van der Waals surface area contributed by atoms with Gasteiger partial charge in [-0.25, -0.2) is 8.78 Å². The molecule has 0 fully saturated rings. The zero-order valence-electron chi connectivity index (χ0n) is 11.5. The SMILES string of the molecule is CC(F)C(F)(F)C(F)(F)C(F)CCSC(=O)c1ccccc1. The number of halogens is 6. The molecule has 8 heteroatoms. The van der Waals surface area contributed by atoms with E-state index in [0.29, 0.717) is 11.8 Å². The first-order valence-corrected chi connectivity index (χ1v) is 7.35. The van der Waals surface area contributed by atoms with Gasteiger partial charge in [-0.15, -0.1) is 0 Å². The van der Waals surface area contributed by atoms with Crippen molar-refractivity contribution >= 4 is 16.9 Å². The Morgan fingerprint density at radius 2 is 1.64 bits per heavy atom. The average Bonchev–Trinajstić information content (AvgIpc) is 2.47. The van der Waals surface area contributed by atoms with Gasteiger partial charge >= 0.3 is 11.8 Å². The Kier molecular flexibility index (Phi) is 6.34. The van der Waals surface area contributed by atoms with E-state index in [9.17, 15) is 31.1 Å². The summed E-state index contributed by atoms with van der Waals surface area (Å²) in [5.41, 5.74) is 0.289. The van der Waals surface area contributed by atoms with E-state index in [4.69, 9.17) is 0 Å². The summed E-state index contributed by atoms with van der Waals surface area (Å²) in [5.74, 6) is -10.6. The van der Waals surface area contributed by atoms with Gasteiger partial charge in [0.2, 0.25) is 5.12 Å². The maximum atomic E-state index is 13.4. The van der Waals surface area contributed by atoms with Crippen LogP contribution in [0.15, 0.2) is 30.3 Å². The Morgan fingerprint density at radius 1 is 1.09 bits per heavy atom. The van der Waals surface area contributed by atoms with Crippen molar-refractivity contribution in [1.82, 2.24) is 0 Å². The van der Waals surface area contributed by atoms with Crippen LogP contribution in [0.2, 0.25) is 0 Å². The molecule has 0 radical (unpaired) electrons. The van der Waals surface area contributed by atoms with Crippen molar-refractivity contribution in [3.63, 3.8) is 0 Å². The molecule has 0 aliphatic carbocycles. The summed E-state index contributed by atoms with van der Waals surface area (Å²) in [7, 11) is 0. The Labute approximate surface area is 128 Å². The molecule has 2 unspecified atom stereocenters. The second-order valence-corrected chi connectivity index (χ2v) is 5.69. The number of hydrogen-bond acceptors (Lipinski definition) is 2. The molecule has 0 amide bonds. The third-order valence-corrected chi connectivity index (χ3v) is 3.89. The summed E-state index contributed by atoms with van der Waals surface area (Å²) in [6.45, 7) is 0.244. The Balaban J connectivity index is 2.56. The predicted molar refractivity (Wildman–Crippen MR) is 73.2 cm³/mol. The van der Waals surface area contributed by atoms with Crippen LogP contribution >= 0.6 is 11.8 Å². The van der Waals surface area contributed by atoms with Crippen molar-refractivity contribution in [3.05, 3.63) is 35.9 Å². The van der Waals surface area contributed by atoms with Gasteiger partial charge in [0.15, 0.2) is 12.3 Å². The summed E-state index contributed by atoms with van der Waals surface area (Å²) in [4.78, 5) is 11.6. The normalized spacial score (nSPS) is 15.4. The fraction of sp³-hybridized carbons (Fsp3) is 0.500. The molecule has 1 nitrogen and oxygen atoms in total. The quantitative estimate of drug-likeness (QED) is 0.653. The lowest BCUT2D eigenvalue weighted by Crippen LogP contribution is -2.52. The predicted octanol–water partition coefficient (Wildman–Crippen LogP) is 4.92. The molecule has 0 N–H and O–H groups in total. The lowest BCUT2D eigenvalue weighted by molar-refractivity contribution is -0.261. The zero-order chi connectivity index (χ0) is 17.0. The molecule has 124 valence electrons. The van der Waals surface area contributed by atoms with Crippen molar-refractivity contribution in [2.24, 2.45) is 0 Å². The lowest BCUT2D eigenvalue weighted by atomic mass is 10.0. The van der Waals surface area contributed by atoms with Crippen LogP contribution < -0.4 is 0 Å². The van der Waals surface area contributed by atoms with Gasteiger partial charge in [-0.1, -0.05) is 42.1 Å². The van der Waals surface area contributed by atoms with Crippen LogP contribution in [0.1, 0.15) is 23.7 Å². The molecule has 0 saturated heterocycles. The highest BCUT2D eigenvalue weighted by Crippen LogP contribution is 2.43. The standard InChI is InChI=1S/C14H14F6OS/c1-9(15)13(17,18)14(19,20)11(16)7-8-22-12(21)10-5-3-2-4-6-10/h2-6,9,11H,7-8H2,1H3. The van der Waals surface area contributed by atoms with Crippen LogP contribution in [0.5, 0.6) is 0 Å². The van der Waals surface area contributed by atoms with E-state index < -0.39 is 41.5 Å². The van der Waals surface area contributed by atoms with Gasteiger partial charge in [-0.2, -0.15) is 17.6 Å². The van der Waals surface area contributed by atoms with Crippen LogP contribution in [0.25, 0.3) is 0 Å². The molecule has 2 atom stereocenters. The molecule has 1 aromatic carbocycles. The topological polar surface area (TPSA) is 17.1 Å². The van der Waals surface area contributed by atoms with Gasteiger partial charge in [0.25, 0.3) is 0 Å². The fourth-order valence-corrected chi connectivity index (χ4v) is 2.38. The third kappa shape index (κ3) is 4.18. The number of carbonyl (C=O) groups excluding carboxylic acids is 1. The van der Waals surface area contributed by atoms with Gasteiger partial charge in [0.05, 0.1) is 0 Å². The van der Waals surface area contributed by atoms with Gasteiger partial charge in [0.1, 0.15) is 0 Å². The molecule has 22 heavy (non-hydrogen) atoms. The van der Waals surface area contributed by atoms with Crippen LogP contribution in [-0.4, -0.2) is 35.1 Å². The molecule has 0 spiro atoms. The molecule has 0 heterocycles. The monoisotopic (exact) mass is 344 g/mol. The molecular formula is C14H14F6OS. The first-order chi connectivity index (χ1) is 10.1. The van der Waals surface area contributed by atoms with Crippen LogP contribution in [0.3, 0.4) is 0 Å². The largest absolute Gasteiger partial charge is 0.343 e. The number of carbonyl (C=O) groups is 1. The Morgan fingerprint density at radius 3 is 2.14 bits per heavy atom. The van der Waals surface area contributed by atoms with Crippen molar-refractivity contribution in [2.45, 2.75) is 37.5 Å². The summed E-state index contributed by atoms with van der Waals surface area (Å²) in [5, 5.41) is -0.485. The average molecular weight is 344 g/mol. The molecule has 0 bridgehead atoms. The molecule has 1 rings (SSSR count). The number of benzene rings is 1. The highest BCUT2D eigenvalue weighted by molar-refractivity contribution is 8.14. The Hall–Kier alpha value is -1.18. The van der Waals surface area contributed by atoms with E-state index in [1.54, 1.807) is 18.2 Å². The first kappa shape index (κ1) is 18.9. The highest BCUT2D eigenvalue weighted by Gasteiger charge is 2.64. The van der Waals surface area contributed by atoms with Gasteiger partial charge in [0, 0.05) is 11.3 Å². The molecule has 1 aromatic rings. The molecule has 0 aromatic heterocycles. The lowest BCUT2D eigenvalue weighted by Gasteiger charge is -2.29. The first-order valence-electron chi connectivity index (χ1n) is 6.36. The minimum absolute atomic E-state index is 0.244. The van der Waals surface area contributed by atoms with Crippen LogP contribution in [0.4, 0.5) is 26.3 Å². The molecular weight excluding hydrogens is 330 g/mol. The molecule has 0 aliphatic heterocycles. The second kappa shape index (κ2) is 7.39. The maximum Gasteiger partial charge on any atom is 0.343 e. The maximum absolute atomic E-state index is 13.4. The van der Waals surface area contributed by atoms with E-state index in [0.717, 1.165) is 0 Å². The van der Waals surface area contributed by atoms with Crippen molar-refractivity contribution < 1.29 is 31.1 Å². The summed E-state index contributed by atoms with van der Waals surface area (Å²) in [6, 6.07) is 7.80. The van der Waals surface area contributed by atoms with Crippen molar-refractivity contribution in [3.8, 4) is 0 Å². The van der Waals surface area contributed by atoms with Crippen LogP contribution in [0, 0.1) is 0 Å². The summed E-state index contributed by atoms with van der Waals surface area (Å²) < 4.78 is 78.4. The van der Waals surface area contributed by atoms with E-state index in [2.05, 4.69) is 0 Å². The van der Waals surface area contributed by atoms with Crippen molar-refractivity contribution in [2.75, 3.05) is 5.75 Å². The molecule has 0 saturated carbocycles. The van der Waals surface area contributed by atoms with E-state index in [1.165, 1.54) is 12.1 Å². The summed E-state index contributed by atoms with van der Waals surface area (Å²) in [6.07, 6.45) is -7.41. The summed E-state index contributed by atoms with van der Waals surface area (Å²) >= 11 is 0.542. The van der Waals surface area contributed by atoms with E-state index in [1.807, 2.05) is 0 Å². The molecule has 0 aliphatic rings. The van der Waals surface area contributed by atoms with Gasteiger partial charge < -0.3 is 0 Å². The number of thioether (sulfide) groups is 1. The van der Waals surface area contributed by atoms with Gasteiger partial charge in [-0.3, -0.25) is 4.79 Å². The zero-order valence-corrected chi connectivity index (χ0v) is 12.4. The van der Waals surface area contributed by atoms with Crippen LogP contribution in [-0.2, 0) is 0 Å². The fourth-order valence-electron chi connectivity index (χ4n) is 1.57. The van der Waals surface area contributed by atoms with E-state index in [-0.39, 0.29) is 12.5 Å². The van der Waals surface area contributed by atoms with E-state index >= 15 is 0 Å². The highest BCUT2D eigenvalue weighted by atomic mass is 32.2.